The van der Waals surface area contributed by atoms with E-state index in [0.717, 1.165) is 12.1 Å². The summed E-state index contributed by atoms with van der Waals surface area (Å²) in [6.45, 7) is 6.01. The van der Waals surface area contributed by atoms with Crippen LogP contribution in [0, 0.1) is 0 Å². The van der Waals surface area contributed by atoms with Crippen molar-refractivity contribution < 1.29 is 14.2 Å². The van der Waals surface area contributed by atoms with Gasteiger partial charge in [0, 0.05) is 13.1 Å². The van der Waals surface area contributed by atoms with Crippen molar-refractivity contribution in [2.24, 2.45) is 0 Å². The average molecular weight is 255 g/mol. The normalized spacial score (nSPS) is 10.7. The van der Waals surface area contributed by atoms with E-state index in [1.807, 2.05) is 13.8 Å². The van der Waals surface area contributed by atoms with Crippen LogP contribution in [0.3, 0.4) is 0 Å². The smallest absolute Gasteiger partial charge is 0.224 e. The second kappa shape index (κ2) is 7.84. The van der Waals surface area contributed by atoms with E-state index in [0.29, 0.717) is 24.9 Å². The van der Waals surface area contributed by atoms with Crippen molar-refractivity contribution in [3.8, 4) is 11.8 Å². The molecule has 0 saturated carbocycles. The fourth-order valence-corrected chi connectivity index (χ4v) is 1.46. The third-order valence-electron chi connectivity index (χ3n) is 2.28. The van der Waals surface area contributed by atoms with Gasteiger partial charge in [-0.25, -0.2) is 9.97 Å². The number of hydrogen-bond acceptors (Lipinski definition) is 6. The molecule has 0 spiro atoms. The summed E-state index contributed by atoms with van der Waals surface area (Å²) in [5.41, 5.74) is 0.812. The summed E-state index contributed by atoms with van der Waals surface area (Å²) >= 11 is 0. The molecule has 0 aliphatic carbocycles. The van der Waals surface area contributed by atoms with E-state index < -0.39 is 0 Å². The fraction of sp³-hybridized carbons (Fsp3) is 0.667. The summed E-state index contributed by atoms with van der Waals surface area (Å²) in [6.07, 6.45) is 1.67. The number of methoxy groups -OCH3 is 2. The van der Waals surface area contributed by atoms with Crippen LogP contribution in [-0.4, -0.2) is 43.4 Å². The van der Waals surface area contributed by atoms with Gasteiger partial charge in [0.25, 0.3) is 0 Å². The second-order valence-corrected chi connectivity index (χ2v) is 3.97. The number of nitrogens with zero attached hydrogens (tertiary/aromatic N) is 2. The maximum Gasteiger partial charge on any atom is 0.224 e. The van der Waals surface area contributed by atoms with Gasteiger partial charge in [0.05, 0.1) is 32.5 Å². The molecule has 0 fully saturated rings. The lowest BCUT2D eigenvalue weighted by Gasteiger charge is -2.12. The van der Waals surface area contributed by atoms with Crippen molar-refractivity contribution in [1.82, 2.24) is 15.3 Å². The molecule has 0 aliphatic rings. The number of hydrogen-bond donors (Lipinski definition) is 1. The van der Waals surface area contributed by atoms with E-state index in [4.69, 9.17) is 14.2 Å². The van der Waals surface area contributed by atoms with E-state index in [2.05, 4.69) is 15.3 Å². The molecule has 6 nitrogen and oxygen atoms in total. The first-order valence-electron chi connectivity index (χ1n) is 5.93. The van der Waals surface area contributed by atoms with E-state index >= 15 is 0 Å². The van der Waals surface area contributed by atoms with Crippen molar-refractivity contribution in [3.63, 3.8) is 0 Å². The van der Waals surface area contributed by atoms with E-state index in [-0.39, 0.29) is 6.10 Å². The number of aromatic nitrogens is 2. The summed E-state index contributed by atoms with van der Waals surface area (Å²) < 4.78 is 15.8. The summed E-state index contributed by atoms with van der Waals surface area (Å²) in [5.74, 6) is 1.05. The number of ether oxygens (including phenoxy) is 3. The Morgan fingerprint density at radius 3 is 2.28 bits per heavy atom. The molecule has 0 amide bonds. The first-order valence-corrected chi connectivity index (χ1v) is 5.93. The Labute approximate surface area is 108 Å². The zero-order chi connectivity index (χ0) is 13.4. The van der Waals surface area contributed by atoms with Crippen molar-refractivity contribution in [2.45, 2.75) is 26.5 Å². The Balaban J connectivity index is 2.50. The quantitative estimate of drug-likeness (QED) is 0.699. The minimum absolute atomic E-state index is 0.246. The largest absolute Gasteiger partial charge is 0.481 e. The molecule has 0 bridgehead atoms. The van der Waals surface area contributed by atoms with Gasteiger partial charge in [0.2, 0.25) is 11.8 Å². The van der Waals surface area contributed by atoms with Crippen LogP contribution in [0.15, 0.2) is 6.33 Å². The predicted molar refractivity (Wildman–Crippen MR) is 67.9 cm³/mol. The van der Waals surface area contributed by atoms with Crippen LogP contribution < -0.4 is 14.8 Å². The SMILES string of the molecule is COc1ncnc(OC)c1CNCCOC(C)C. The Bertz CT molecular complexity index is 336. The van der Waals surface area contributed by atoms with Crippen LogP contribution in [0.25, 0.3) is 0 Å². The molecule has 1 rings (SSSR count). The molecule has 6 heteroatoms. The monoisotopic (exact) mass is 255 g/mol. The highest BCUT2D eigenvalue weighted by molar-refractivity contribution is 5.34. The molecular weight excluding hydrogens is 234 g/mol. The Kier molecular flexibility index (Phi) is 6.38. The topological polar surface area (TPSA) is 65.5 Å². The Hall–Kier alpha value is -1.40. The van der Waals surface area contributed by atoms with Gasteiger partial charge >= 0.3 is 0 Å². The van der Waals surface area contributed by atoms with Gasteiger partial charge in [0.1, 0.15) is 6.33 Å². The number of rotatable bonds is 8. The maximum absolute atomic E-state index is 5.44. The molecule has 0 aliphatic heterocycles. The molecule has 102 valence electrons. The third kappa shape index (κ3) is 4.46. The van der Waals surface area contributed by atoms with Crippen LogP contribution in [0.4, 0.5) is 0 Å². The Morgan fingerprint density at radius 1 is 1.17 bits per heavy atom. The lowest BCUT2D eigenvalue weighted by atomic mass is 10.3. The lowest BCUT2D eigenvalue weighted by molar-refractivity contribution is 0.0806. The molecule has 18 heavy (non-hydrogen) atoms. The van der Waals surface area contributed by atoms with Crippen molar-refractivity contribution >= 4 is 0 Å². The van der Waals surface area contributed by atoms with Gasteiger partial charge in [-0.05, 0) is 13.8 Å². The van der Waals surface area contributed by atoms with Crippen molar-refractivity contribution in [3.05, 3.63) is 11.9 Å². The van der Waals surface area contributed by atoms with Crippen molar-refractivity contribution in [1.29, 1.82) is 0 Å². The molecule has 1 aromatic rings. The molecule has 1 aromatic heterocycles. The van der Waals surface area contributed by atoms with Crippen LogP contribution >= 0.6 is 0 Å². The highest BCUT2D eigenvalue weighted by Gasteiger charge is 2.11. The first kappa shape index (κ1) is 14.7. The van der Waals surface area contributed by atoms with Gasteiger partial charge in [-0.1, -0.05) is 0 Å². The van der Waals surface area contributed by atoms with Crippen LogP contribution in [0.2, 0.25) is 0 Å². The summed E-state index contributed by atoms with van der Waals surface area (Å²) in [7, 11) is 3.15. The molecule has 0 unspecified atom stereocenters. The minimum atomic E-state index is 0.246. The Morgan fingerprint density at radius 2 is 1.78 bits per heavy atom. The summed E-state index contributed by atoms with van der Waals surface area (Å²) in [5, 5.41) is 3.24. The van der Waals surface area contributed by atoms with E-state index in [9.17, 15) is 0 Å². The average Bonchev–Trinajstić information content (AvgIpc) is 2.37. The molecular formula is C12H21N3O3. The van der Waals surface area contributed by atoms with Gasteiger partial charge in [-0.15, -0.1) is 0 Å². The number of nitrogens with one attached hydrogen (secondary N) is 1. The van der Waals surface area contributed by atoms with Gasteiger partial charge in [-0.2, -0.15) is 0 Å². The van der Waals surface area contributed by atoms with E-state index in [1.54, 1.807) is 14.2 Å². The summed E-state index contributed by atoms with van der Waals surface area (Å²) in [4.78, 5) is 8.10. The molecule has 0 atom stereocenters. The molecule has 1 N–H and O–H groups in total. The maximum atomic E-state index is 5.44. The second-order valence-electron chi connectivity index (χ2n) is 3.97. The molecule has 1 heterocycles. The fourth-order valence-electron chi connectivity index (χ4n) is 1.46. The van der Waals surface area contributed by atoms with Crippen LogP contribution in [0.5, 0.6) is 11.8 Å². The zero-order valence-electron chi connectivity index (χ0n) is 11.4. The van der Waals surface area contributed by atoms with E-state index in [1.165, 1.54) is 6.33 Å². The van der Waals surface area contributed by atoms with Gasteiger partial charge < -0.3 is 19.5 Å². The molecule has 0 aromatic carbocycles. The molecule has 0 saturated heterocycles. The van der Waals surface area contributed by atoms with Crippen LogP contribution in [-0.2, 0) is 11.3 Å². The highest BCUT2D eigenvalue weighted by Crippen LogP contribution is 2.22. The van der Waals surface area contributed by atoms with Crippen LogP contribution in [0.1, 0.15) is 19.4 Å². The van der Waals surface area contributed by atoms with Gasteiger partial charge in [0.15, 0.2) is 0 Å². The lowest BCUT2D eigenvalue weighted by Crippen LogP contribution is -2.22. The standard InChI is InChI=1S/C12H21N3O3/c1-9(2)18-6-5-13-7-10-11(16-3)14-8-15-12(10)17-4/h8-9,13H,5-7H2,1-4H3. The first-order chi connectivity index (χ1) is 8.69. The van der Waals surface area contributed by atoms with Gasteiger partial charge in [-0.3, -0.25) is 0 Å². The zero-order valence-corrected chi connectivity index (χ0v) is 11.4. The highest BCUT2D eigenvalue weighted by atomic mass is 16.5. The van der Waals surface area contributed by atoms with Crippen molar-refractivity contribution in [2.75, 3.05) is 27.4 Å². The predicted octanol–water partition coefficient (Wildman–Crippen LogP) is 1.01. The molecule has 0 radical (unpaired) electrons. The summed E-state index contributed by atoms with van der Waals surface area (Å²) in [6, 6.07) is 0. The minimum Gasteiger partial charge on any atom is -0.481 e. The third-order valence-corrected chi connectivity index (χ3v) is 2.28.